The van der Waals surface area contributed by atoms with E-state index in [-0.39, 0.29) is 5.56 Å². The van der Waals surface area contributed by atoms with E-state index in [9.17, 15) is 9.50 Å². The smallest absolute Gasteiger partial charge is 0.129 e. The first-order valence-electron chi connectivity index (χ1n) is 5.41. The molecule has 0 amide bonds. The van der Waals surface area contributed by atoms with Gasteiger partial charge < -0.3 is 5.11 Å². The lowest BCUT2D eigenvalue weighted by molar-refractivity contribution is 0.0718. The minimum absolute atomic E-state index is 0.248. The number of aromatic nitrogens is 2. The Morgan fingerprint density at radius 2 is 1.88 bits per heavy atom. The molecule has 2 rings (SSSR count). The van der Waals surface area contributed by atoms with Gasteiger partial charge in [0.05, 0.1) is 0 Å². The molecule has 88 valence electrons. The Morgan fingerprint density at radius 3 is 2.47 bits per heavy atom. The number of hydrogen-bond acceptors (Lipinski definition) is 3. The van der Waals surface area contributed by atoms with E-state index >= 15 is 0 Å². The van der Waals surface area contributed by atoms with Gasteiger partial charge in [-0.15, -0.1) is 0 Å². The molecule has 1 aromatic heterocycles. The Kier molecular flexibility index (Phi) is 3.15. The molecule has 1 N–H and O–H groups in total. The van der Waals surface area contributed by atoms with Crippen LogP contribution in [0.15, 0.2) is 43.0 Å². The molecule has 0 saturated heterocycles. The van der Waals surface area contributed by atoms with Crippen molar-refractivity contribution in [3.63, 3.8) is 0 Å². The lowest BCUT2D eigenvalue weighted by Crippen LogP contribution is -2.28. The van der Waals surface area contributed by atoms with Crippen molar-refractivity contribution >= 4 is 0 Å². The third-order valence-corrected chi connectivity index (χ3v) is 2.87. The lowest BCUT2D eigenvalue weighted by atomic mass is 9.85. The number of hydrogen-bond donors (Lipinski definition) is 1. The van der Waals surface area contributed by atoms with Gasteiger partial charge in [-0.3, -0.25) is 0 Å². The van der Waals surface area contributed by atoms with Crippen molar-refractivity contribution in [2.75, 3.05) is 0 Å². The van der Waals surface area contributed by atoms with Crippen molar-refractivity contribution in [3.8, 4) is 0 Å². The van der Waals surface area contributed by atoms with Crippen LogP contribution < -0.4 is 0 Å². The molecular weight excluding hydrogens is 219 g/mol. The van der Waals surface area contributed by atoms with Gasteiger partial charge in [-0.05, 0) is 12.5 Å². The van der Waals surface area contributed by atoms with Gasteiger partial charge in [0.15, 0.2) is 0 Å². The van der Waals surface area contributed by atoms with Crippen LogP contribution in [-0.4, -0.2) is 15.1 Å². The molecule has 0 bridgehead atoms. The SMILES string of the molecule is CCC(O)(c1cncnc1)c1ccccc1F. The molecule has 1 unspecified atom stereocenters. The van der Waals surface area contributed by atoms with Gasteiger partial charge in [-0.2, -0.15) is 0 Å². The second-order valence-corrected chi connectivity index (χ2v) is 3.82. The molecular formula is C13H13FN2O. The van der Waals surface area contributed by atoms with E-state index in [1.165, 1.54) is 24.8 Å². The van der Waals surface area contributed by atoms with Crippen LogP contribution >= 0.6 is 0 Å². The van der Waals surface area contributed by atoms with Gasteiger partial charge >= 0.3 is 0 Å². The van der Waals surface area contributed by atoms with Crippen LogP contribution in [0.5, 0.6) is 0 Å². The Hall–Kier alpha value is -1.81. The fourth-order valence-corrected chi connectivity index (χ4v) is 1.86. The predicted octanol–water partition coefficient (Wildman–Crippen LogP) is 2.26. The number of halogens is 1. The molecule has 0 aliphatic heterocycles. The molecule has 0 spiro atoms. The van der Waals surface area contributed by atoms with Gasteiger partial charge in [0.2, 0.25) is 0 Å². The van der Waals surface area contributed by atoms with Crippen molar-refractivity contribution in [1.29, 1.82) is 0 Å². The van der Waals surface area contributed by atoms with Crippen molar-refractivity contribution in [2.45, 2.75) is 18.9 Å². The maximum absolute atomic E-state index is 13.8. The molecule has 0 aliphatic rings. The zero-order valence-corrected chi connectivity index (χ0v) is 9.47. The van der Waals surface area contributed by atoms with E-state index in [0.717, 1.165) is 0 Å². The van der Waals surface area contributed by atoms with E-state index in [4.69, 9.17) is 0 Å². The normalized spacial score (nSPS) is 14.3. The predicted molar refractivity (Wildman–Crippen MR) is 61.7 cm³/mol. The average Bonchev–Trinajstić information content (AvgIpc) is 2.39. The van der Waals surface area contributed by atoms with E-state index in [0.29, 0.717) is 12.0 Å². The molecule has 0 saturated carbocycles. The van der Waals surface area contributed by atoms with Crippen molar-refractivity contribution in [3.05, 3.63) is 59.9 Å². The van der Waals surface area contributed by atoms with Gasteiger partial charge in [0.25, 0.3) is 0 Å². The highest BCUT2D eigenvalue weighted by molar-refractivity contribution is 5.34. The minimum Gasteiger partial charge on any atom is -0.380 e. The van der Waals surface area contributed by atoms with Gasteiger partial charge in [0.1, 0.15) is 17.7 Å². The summed E-state index contributed by atoms with van der Waals surface area (Å²) in [6.07, 6.45) is 4.73. The third kappa shape index (κ3) is 2.03. The summed E-state index contributed by atoms with van der Waals surface area (Å²) < 4.78 is 13.8. The first-order valence-corrected chi connectivity index (χ1v) is 5.41. The Bertz CT molecular complexity index is 504. The van der Waals surface area contributed by atoms with Crippen LogP contribution in [0.2, 0.25) is 0 Å². The molecule has 1 aromatic carbocycles. The first kappa shape index (κ1) is 11.7. The first-order chi connectivity index (χ1) is 8.18. The number of benzene rings is 1. The molecule has 0 aliphatic carbocycles. The van der Waals surface area contributed by atoms with Crippen LogP contribution in [0, 0.1) is 5.82 Å². The highest BCUT2D eigenvalue weighted by Gasteiger charge is 2.32. The average molecular weight is 232 g/mol. The summed E-state index contributed by atoms with van der Waals surface area (Å²) in [5.41, 5.74) is -0.642. The molecule has 17 heavy (non-hydrogen) atoms. The van der Waals surface area contributed by atoms with E-state index in [2.05, 4.69) is 9.97 Å². The van der Waals surface area contributed by atoms with Crippen LogP contribution in [0.25, 0.3) is 0 Å². The van der Waals surface area contributed by atoms with Gasteiger partial charge in [0, 0.05) is 23.5 Å². The molecule has 2 aromatic rings. The monoisotopic (exact) mass is 232 g/mol. The fourth-order valence-electron chi connectivity index (χ4n) is 1.86. The lowest BCUT2D eigenvalue weighted by Gasteiger charge is -2.27. The highest BCUT2D eigenvalue weighted by Crippen LogP contribution is 2.33. The summed E-state index contributed by atoms with van der Waals surface area (Å²) in [6, 6.07) is 6.20. The maximum atomic E-state index is 13.8. The summed E-state index contributed by atoms with van der Waals surface area (Å²) in [5, 5.41) is 10.6. The molecule has 1 atom stereocenters. The maximum Gasteiger partial charge on any atom is 0.129 e. The summed E-state index contributed by atoms with van der Waals surface area (Å²) in [5.74, 6) is -0.430. The van der Waals surface area contributed by atoms with E-state index in [1.54, 1.807) is 25.1 Å². The van der Waals surface area contributed by atoms with Crippen LogP contribution in [0.1, 0.15) is 24.5 Å². The standard InChI is InChI=1S/C13H13FN2O/c1-2-13(17,10-7-15-9-16-8-10)11-5-3-4-6-12(11)14/h3-9,17H,2H2,1H3. The number of rotatable bonds is 3. The molecule has 3 nitrogen and oxygen atoms in total. The van der Waals surface area contributed by atoms with Crippen LogP contribution in [0.3, 0.4) is 0 Å². The minimum atomic E-state index is -1.38. The number of aliphatic hydroxyl groups is 1. The summed E-state index contributed by atoms with van der Waals surface area (Å²) in [4.78, 5) is 7.72. The summed E-state index contributed by atoms with van der Waals surface area (Å²) >= 11 is 0. The highest BCUT2D eigenvalue weighted by atomic mass is 19.1. The summed E-state index contributed by atoms with van der Waals surface area (Å²) in [6.45, 7) is 1.79. The van der Waals surface area contributed by atoms with Crippen LogP contribution in [-0.2, 0) is 5.60 Å². The molecule has 0 radical (unpaired) electrons. The second kappa shape index (κ2) is 4.59. The number of nitrogens with zero attached hydrogens (tertiary/aromatic N) is 2. The zero-order chi connectivity index (χ0) is 12.3. The molecule has 1 heterocycles. The van der Waals surface area contributed by atoms with Crippen LogP contribution in [0.4, 0.5) is 4.39 Å². The quantitative estimate of drug-likeness (QED) is 0.882. The summed E-state index contributed by atoms with van der Waals surface area (Å²) in [7, 11) is 0. The Balaban J connectivity index is 2.56. The van der Waals surface area contributed by atoms with Gasteiger partial charge in [-0.1, -0.05) is 25.1 Å². The molecule has 4 heteroatoms. The van der Waals surface area contributed by atoms with Gasteiger partial charge in [-0.25, -0.2) is 14.4 Å². The fraction of sp³-hybridized carbons (Fsp3) is 0.231. The van der Waals surface area contributed by atoms with Crippen molar-refractivity contribution in [1.82, 2.24) is 9.97 Å². The van der Waals surface area contributed by atoms with E-state index in [1.807, 2.05) is 0 Å². The second-order valence-electron chi connectivity index (χ2n) is 3.82. The molecule has 0 fully saturated rings. The van der Waals surface area contributed by atoms with E-state index < -0.39 is 11.4 Å². The topological polar surface area (TPSA) is 46.0 Å². The van der Waals surface area contributed by atoms with Crippen molar-refractivity contribution in [2.24, 2.45) is 0 Å². The Morgan fingerprint density at radius 1 is 1.24 bits per heavy atom. The largest absolute Gasteiger partial charge is 0.380 e. The van der Waals surface area contributed by atoms with Crippen molar-refractivity contribution < 1.29 is 9.50 Å². The Labute approximate surface area is 99.0 Å². The zero-order valence-electron chi connectivity index (χ0n) is 9.47. The third-order valence-electron chi connectivity index (χ3n) is 2.87.